The van der Waals surface area contributed by atoms with Crippen LogP contribution in [0.5, 0.6) is 0 Å². The van der Waals surface area contributed by atoms with E-state index in [1.54, 1.807) is 0 Å². The second-order valence-electron chi connectivity index (χ2n) is 15.0. The molecule has 268 valence electrons. The van der Waals surface area contributed by atoms with Crippen LogP contribution >= 0.6 is 0 Å². The summed E-state index contributed by atoms with van der Waals surface area (Å²) in [5.74, 6) is 1.70. The largest absolute Gasteiger partial charge is 0.277 e. The molecule has 10 aromatic rings. The van der Waals surface area contributed by atoms with Crippen molar-refractivity contribution in [1.29, 1.82) is 5.26 Å². The lowest BCUT2D eigenvalue weighted by atomic mass is 9.70. The van der Waals surface area contributed by atoms with Crippen LogP contribution in [0.4, 0.5) is 0 Å². The third kappa shape index (κ3) is 4.43. The molecule has 0 fully saturated rings. The van der Waals surface area contributed by atoms with Crippen molar-refractivity contribution < 1.29 is 0 Å². The highest BCUT2D eigenvalue weighted by Crippen LogP contribution is 2.64. The molecule has 0 saturated heterocycles. The van der Waals surface area contributed by atoms with E-state index in [1.165, 1.54) is 44.5 Å². The van der Waals surface area contributed by atoms with Gasteiger partial charge in [0.1, 0.15) is 0 Å². The zero-order valence-corrected chi connectivity index (χ0v) is 31.1. The summed E-state index contributed by atoms with van der Waals surface area (Å²) in [5.41, 5.74) is 16.0. The minimum Gasteiger partial charge on any atom is -0.277 e. The molecule has 1 spiro atoms. The summed E-state index contributed by atoms with van der Waals surface area (Å²) in [6.07, 6.45) is 0. The summed E-state index contributed by atoms with van der Waals surface area (Å²) in [6, 6.07) is 68.4. The predicted octanol–water partition coefficient (Wildman–Crippen LogP) is 12.2. The lowest BCUT2D eigenvalue weighted by molar-refractivity contribution is 0.794. The van der Waals surface area contributed by atoms with Crippen molar-refractivity contribution in [3.63, 3.8) is 0 Å². The molecule has 0 atom stereocenters. The maximum atomic E-state index is 9.63. The zero-order valence-electron chi connectivity index (χ0n) is 31.1. The molecule has 0 radical (unpaired) electrons. The second kappa shape index (κ2) is 12.3. The first-order valence-electron chi connectivity index (χ1n) is 19.5. The first-order valence-corrected chi connectivity index (χ1v) is 19.5. The van der Waals surface area contributed by atoms with E-state index in [2.05, 4.69) is 132 Å². The van der Waals surface area contributed by atoms with E-state index in [0.717, 1.165) is 44.1 Å². The van der Waals surface area contributed by atoms with Gasteiger partial charge in [0.2, 0.25) is 5.95 Å². The fourth-order valence-corrected chi connectivity index (χ4v) is 9.76. The van der Waals surface area contributed by atoms with Crippen molar-refractivity contribution in [2.75, 3.05) is 0 Å². The number of aromatic nitrogens is 4. The Balaban J connectivity index is 1.18. The highest BCUT2D eigenvalue weighted by atomic mass is 15.2. The first kappa shape index (κ1) is 32.3. The third-order valence-electron chi connectivity index (χ3n) is 12.1. The Kier molecular flexibility index (Phi) is 6.84. The molecule has 5 heteroatoms. The number of nitriles is 1. The molecule has 0 aliphatic heterocycles. The zero-order chi connectivity index (χ0) is 38.4. The Hall–Kier alpha value is -7.94. The van der Waals surface area contributed by atoms with Crippen molar-refractivity contribution in [1.82, 2.24) is 19.5 Å². The molecule has 0 N–H and O–H groups in total. The summed E-state index contributed by atoms with van der Waals surface area (Å²) in [7, 11) is 0. The molecule has 12 rings (SSSR count). The van der Waals surface area contributed by atoms with Crippen molar-refractivity contribution in [3.05, 3.63) is 216 Å². The molecule has 0 bridgehead atoms. The van der Waals surface area contributed by atoms with Gasteiger partial charge in [-0.25, -0.2) is 4.98 Å². The lowest BCUT2D eigenvalue weighted by Gasteiger charge is -2.30. The van der Waals surface area contributed by atoms with Crippen molar-refractivity contribution in [2.45, 2.75) is 5.41 Å². The molecule has 2 aromatic heterocycles. The monoisotopic (exact) mass is 737 g/mol. The Morgan fingerprint density at radius 3 is 1.74 bits per heavy atom. The van der Waals surface area contributed by atoms with Gasteiger partial charge in [-0.1, -0.05) is 164 Å². The van der Waals surface area contributed by atoms with E-state index < -0.39 is 5.41 Å². The minimum atomic E-state index is -0.489. The molecular formula is C53H31N5. The molecule has 2 aliphatic rings. The number of fused-ring (bicyclic) bond motifs is 14. The molecule has 0 unspecified atom stereocenters. The van der Waals surface area contributed by atoms with Gasteiger partial charge in [-0.2, -0.15) is 15.2 Å². The average Bonchev–Trinajstić information content (AvgIpc) is 3.91. The van der Waals surface area contributed by atoms with Gasteiger partial charge in [0.05, 0.1) is 28.1 Å². The number of nitrogens with zero attached hydrogens (tertiary/aromatic N) is 5. The Labute approximate surface area is 334 Å². The standard InChI is InChI=1S/C53H31N5/c54-32-33-14-12-17-35(30-33)36-18-13-19-37(31-36)51-55-50(34-15-2-1-3-16-34)56-52(57-51)58-47-27-11-7-22-40(47)41-28-29-46-48(49(41)58)42-23-6-10-26-45(42)53(46)43-24-8-4-20-38(43)39-21-5-9-25-44(39)53/h1-31H. The van der Waals surface area contributed by atoms with E-state index in [9.17, 15) is 5.26 Å². The highest BCUT2D eigenvalue weighted by molar-refractivity contribution is 6.16. The molecule has 8 aromatic carbocycles. The van der Waals surface area contributed by atoms with Crippen molar-refractivity contribution >= 4 is 21.8 Å². The van der Waals surface area contributed by atoms with Crippen LogP contribution in [0.3, 0.4) is 0 Å². The summed E-state index contributed by atoms with van der Waals surface area (Å²) < 4.78 is 2.27. The van der Waals surface area contributed by atoms with E-state index in [4.69, 9.17) is 15.0 Å². The fraction of sp³-hybridized carbons (Fsp3) is 0.0189. The highest BCUT2D eigenvalue weighted by Gasteiger charge is 2.52. The van der Waals surface area contributed by atoms with Crippen LogP contribution in [0.2, 0.25) is 0 Å². The normalized spacial score (nSPS) is 12.9. The van der Waals surface area contributed by atoms with Gasteiger partial charge in [0, 0.05) is 27.5 Å². The SMILES string of the molecule is N#Cc1cccc(-c2cccc(-c3nc(-c4ccccc4)nc(-n4c5ccccc5c5ccc6c(c54)-c4ccccc4C64c5ccccc5-c5ccccc54)n3)c2)c1. The van der Waals surface area contributed by atoms with E-state index in [-0.39, 0.29) is 0 Å². The Bertz CT molecular complexity index is 3320. The summed E-state index contributed by atoms with van der Waals surface area (Å²) in [5, 5.41) is 11.9. The smallest absolute Gasteiger partial charge is 0.238 e. The molecule has 5 nitrogen and oxygen atoms in total. The number of hydrogen-bond donors (Lipinski definition) is 0. The Morgan fingerprint density at radius 2 is 1.00 bits per heavy atom. The molecule has 2 aliphatic carbocycles. The van der Waals surface area contributed by atoms with Gasteiger partial charge in [-0.3, -0.25) is 4.57 Å². The van der Waals surface area contributed by atoms with Gasteiger partial charge in [0.15, 0.2) is 11.6 Å². The van der Waals surface area contributed by atoms with Crippen LogP contribution in [0.1, 0.15) is 27.8 Å². The first-order chi connectivity index (χ1) is 28.7. The van der Waals surface area contributed by atoms with Crippen LogP contribution in [0, 0.1) is 11.3 Å². The van der Waals surface area contributed by atoms with Gasteiger partial charge >= 0.3 is 0 Å². The molecular weight excluding hydrogens is 707 g/mol. The third-order valence-corrected chi connectivity index (χ3v) is 12.1. The van der Waals surface area contributed by atoms with Crippen LogP contribution in [-0.2, 0) is 5.41 Å². The topological polar surface area (TPSA) is 67.4 Å². The van der Waals surface area contributed by atoms with Gasteiger partial charge in [-0.15, -0.1) is 0 Å². The van der Waals surface area contributed by atoms with Crippen molar-refractivity contribution in [2.24, 2.45) is 0 Å². The van der Waals surface area contributed by atoms with Crippen LogP contribution < -0.4 is 0 Å². The van der Waals surface area contributed by atoms with E-state index >= 15 is 0 Å². The number of rotatable bonds is 4. The number of benzene rings is 8. The fourth-order valence-electron chi connectivity index (χ4n) is 9.76. The van der Waals surface area contributed by atoms with Gasteiger partial charge in [0.25, 0.3) is 0 Å². The van der Waals surface area contributed by atoms with Crippen LogP contribution in [0.15, 0.2) is 188 Å². The predicted molar refractivity (Wildman–Crippen MR) is 231 cm³/mol. The summed E-state index contributed by atoms with van der Waals surface area (Å²) >= 11 is 0. The summed E-state index contributed by atoms with van der Waals surface area (Å²) in [6.45, 7) is 0. The van der Waals surface area contributed by atoms with E-state index in [0.29, 0.717) is 23.2 Å². The summed E-state index contributed by atoms with van der Waals surface area (Å²) in [4.78, 5) is 15.8. The maximum Gasteiger partial charge on any atom is 0.238 e. The Morgan fingerprint density at radius 1 is 0.431 bits per heavy atom. The minimum absolute atomic E-state index is 0.489. The number of para-hydroxylation sites is 1. The lowest BCUT2D eigenvalue weighted by Crippen LogP contribution is -2.25. The molecule has 0 amide bonds. The van der Waals surface area contributed by atoms with Gasteiger partial charge < -0.3 is 0 Å². The van der Waals surface area contributed by atoms with Crippen LogP contribution in [-0.4, -0.2) is 19.5 Å². The van der Waals surface area contributed by atoms with Crippen LogP contribution in [0.25, 0.3) is 83.9 Å². The molecule has 2 heterocycles. The number of hydrogen-bond acceptors (Lipinski definition) is 4. The van der Waals surface area contributed by atoms with Gasteiger partial charge in [-0.05, 0) is 74.3 Å². The molecule has 58 heavy (non-hydrogen) atoms. The second-order valence-corrected chi connectivity index (χ2v) is 15.0. The van der Waals surface area contributed by atoms with Crippen molar-refractivity contribution in [3.8, 4) is 68.2 Å². The quantitative estimate of drug-likeness (QED) is 0.180. The average molecular weight is 738 g/mol. The molecule has 0 saturated carbocycles. The maximum absolute atomic E-state index is 9.63. The van der Waals surface area contributed by atoms with E-state index in [1.807, 2.05) is 66.7 Å².